The van der Waals surface area contributed by atoms with Gasteiger partial charge in [0, 0.05) is 12.2 Å². The third kappa shape index (κ3) is 5.00. The number of aromatic amines is 1. The summed E-state index contributed by atoms with van der Waals surface area (Å²) in [6.07, 6.45) is 5.06. The number of nitrogens with zero attached hydrogens (tertiary/aromatic N) is 3. The van der Waals surface area contributed by atoms with Gasteiger partial charge in [-0.25, -0.2) is 4.79 Å². The number of aromatic nitrogens is 4. The van der Waals surface area contributed by atoms with Crippen molar-refractivity contribution in [1.82, 2.24) is 19.7 Å². The standard InChI is InChI=1S/C19H28N4O3S/c1-6-8-9-10-23-11-20-22-19(23)27-14(5)17(24)16-12(3)15(13(4)21-16)18(25)26-7-2/h11,14,21H,6-10H2,1-5H3/t14-/m0/s1. The molecular formula is C19H28N4O3S. The summed E-state index contributed by atoms with van der Waals surface area (Å²) >= 11 is 1.38. The maximum absolute atomic E-state index is 12.9. The first-order chi connectivity index (χ1) is 12.9. The maximum Gasteiger partial charge on any atom is 0.340 e. The molecule has 0 aromatic carbocycles. The van der Waals surface area contributed by atoms with Crippen LogP contribution in [0.3, 0.4) is 0 Å². The summed E-state index contributed by atoms with van der Waals surface area (Å²) in [5, 5.41) is 8.50. The van der Waals surface area contributed by atoms with Gasteiger partial charge in [-0.2, -0.15) is 0 Å². The van der Waals surface area contributed by atoms with Gasteiger partial charge in [0.25, 0.3) is 0 Å². The van der Waals surface area contributed by atoms with E-state index >= 15 is 0 Å². The highest BCUT2D eigenvalue weighted by Gasteiger charge is 2.27. The summed E-state index contributed by atoms with van der Waals surface area (Å²) in [7, 11) is 0. The highest BCUT2D eigenvalue weighted by molar-refractivity contribution is 8.00. The minimum absolute atomic E-state index is 0.0701. The second-order valence-corrected chi connectivity index (χ2v) is 7.79. The van der Waals surface area contributed by atoms with Crippen molar-refractivity contribution >= 4 is 23.5 Å². The van der Waals surface area contributed by atoms with Crippen LogP contribution in [0, 0.1) is 13.8 Å². The summed E-state index contributed by atoms with van der Waals surface area (Å²) in [4.78, 5) is 28.1. The smallest absolute Gasteiger partial charge is 0.340 e. The number of thioether (sulfide) groups is 1. The van der Waals surface area contributed by atoms with Crippen LogP contribution in [0.1, 0.15) is 72.1 Å². The van der Waals surface area contributed by atoms with Gasteiger partial charge < -0.3 is 14.3 Å². The molecule has 0 aliphatic rings. The number of esters is 1. The summed E-state index contributed by atoms with van der Waals surface area (Å²) in [6, 6.07) is 0. The van der Waals surface area contributed by atoms with E-state index in [9.17, 15) is 9.59 Å². The molecule has 0 saturated carbocycles. The van der Waals surface area contributed by atoms with Gasteiger partial charge in [-0.3, -0.25) is 4.79 Å². The van der Waals surface area contributed by atoms with E-state index in [1.54, 1.807) is 27.1 Å². The lowest BCUT2D eigenvalue weighted by Crippen LogP contribution is -2.16. The number of carbonyl (C=O) groups is 2. The Labute approximate surface area is 164 Å². The molecule has 0 unspecified atom stereocenters. The van der Waals surface area contributed by atoms with Gasteiger partial charge >= 0.3 is 5.97 Å². The van der Waals surface area contributed by atoms with Gasteiger partial charge in [0.1, 0.15) is 6.33 Å². The molecular weight excluding hydrogens is 364 g/mol. The molecule has 2 rings (SSSR count). The van der Waals surface area contributed by atoms with Crippen LogP contribution in [-0.2, 0) is 11.3 Å². The maximum atomic E-state index is 12.9. The van der Waals surface area contributed by atoms with E-state index in [2.05, 4.69) is 22.1 Å². The largest absolute Gasteiger partial charge is 0.462 e. The molecule has 0 saturated heterocycles. The van der Waals surface area contributed by atoms with E-state index < -0.39 is 5.97 Å². The predicted octanol–water partition coefficient (Wildman–Crippen LogP) is 3.95. The molecule has 148 valence electrons. The molecule has 27 heavy (non-hydrogen) atoms. The number of ether oxygens (including phenoxy) is 1. The number of unbranched alkanes of at least 4 members (excludes halogenated alkanes) is 2. The van der Waals surface area contributed by atoms with Crippen LogP contribution in [0.25, 0.3) is 0 Å². The van der Waals surface area contributed by atoms with E-state index in [0.717, 1.165) is 31.0 Å². The molecule has 2 heterocycles. The van der Waals surface area contributed by atoms with Gasteiger partial charge in [0.05, 0.1) is 23.1 Å². The lowest BCUT2D eigenvalue weighted by atomic mass is 10.1. The van der Waals surface area contributed by atoms with Gasteiger partial charge in [0.2, 0.25) is 0 Å². The van der Waals surface area contributed by atoms with Crippen molar-refractivity contribution in [3.8, 4) is 0 Å². The second kappa shape index (κ2) is 9.73. The topological polar surface area (TPSA) is 89.9 Å². The van der Waals surface area contributed by atoms with E-state index in [1.165, 1.54) is 11.8 Å². The van der Waals surface area contributed by atoms with Crippen molar-refractivity contribution in [2.75, 3.05) is 6.61 Å². The minimum Gasteiger partial charge on any atom is -0.462 e. The molecule has 0 radical (unpaired) electrons. The zero-order chi connectivity index (χ0) is 20.0. The molecule has 7 nitrogen and oxygen atoms in total. The normalized spacial score (nSPS) is 12.2. The Morgan fingerprint density at radius 2 is 2.04 bits per heavy atom. The van der Waals surface area contributed by atoms with Crippen molar-refractivity contribution in [3.63, 3.8) is 0 Å². The SMILES string of the molecule is CCCCCn1cnnc1S[C@@H](C)C(=O)c1[nH]c(C)c(C(=O)OCC)c1C. The molecule has 0 aliphatic carbocycles. The van der Waals surface area contributed by atoms with E-state index in [0.29, 0.717) is 29.1 Å². The first-order valence-electron chi connectivity index (χ1n) is 9.35. The number of hydrogen-bond acceptors (Lipinski definition) is 6. The molecule has 0 bridgehead atoms. The number of Topliss-reactive ketones (excluding diaryl/α,β-unsaturated/α-hetero) is 1. The fraction of sp³-hybridized carbons (Fsp3) is 0.579. The number of nitrogens with one attached hydrogen (secondary N) is 1. The van der Waals surface area contributed by atoms with Crippen molar-refractivity contribution < 1.29 is 14.3 Å². The van der Waals surface area contributed by atoms with Crippen LogP contribution in [0.4, 0.5) is 0 Å². The van der Waals surface area contributed by atoms with Gasteiger partial charge in [-0.15, -0.1) is 10.2 Å². The zero-order valence-corrected chi connectivity index (χ0v) is 17.5. The molecule has 8 heteroatoms. The van der Waals surface area contributed by atoms with Crippen LogP contribution in [0.2, 0.25) is 0 Å². The Balaban J connectivity index is 2.13. The molecule has 1 atom stereocenters. The highest BCUT2D eigenvalue weighted by Crippen LogP contribution is 2.27. The van der Waals surface area contributed by atoms with E-state index in [4.69, 9.17) is 4.74 Å². The molecule has 0 spiro atoms. The van der Waals surface area contributed by atoms with Crippen LogP contribution in [-0.4, -0.2) is 43.4 Å². The molecule has 0 amide bonds. The molecule has 0 aliphatic heterocycles. The number of H-pyrrole nitrogens is 1. The molecule has 2 aromatic rings. The van der Waals surface area contributed by atoms with E-state index in [1.807, 2.05) is 11.5 Å². The van der Waals surface area contributed by atoms with E-state index in [-0.39, 0.29) is 11.0 Å². The Morgan fingerprint density at radius 3 is 2.70 bits per heavy atom. The van der Waals surface area contributed by atoms with Crippen LogP contribution < -0.4 is 0 Å². The van der Waals surface area contributed by atoms with Gasteiger partial charge in [-0.05, 0) is 39.7 Å². The lowest BCUT2D eigenvalue weighted by Gasteiger charge is -2.11. The average molecular weight is 393 g/mol. The number of carbonyl (C=O) groups excluding carboxylic acids is 2. The lowest BCUT2D eigenvalue weighted by molar-refractivity contribution is 0.0525. The van der Waals surface area contributed by atoms with Crippen LogP contribution >= 0.6 is 11.8 Å². The number of hydrogen-bond donors (Lipinski definition) is 1. The van der Waals surface area contributed by atoms with Crippen molar-refractivity contribution in [2.24, 2.45) is 0 Å². The predicted molar refractivity (Wildman–Crippen MR) is 105 cm³/mol. The third-order valence-corrected chi connectivity index (χ3v) is 5.49. The number of ketones is 1. The second-order valence-electron chi connectivity index (χ2n) is 6.48. The molecule has 0 fully saturated rings. The Kier molecular flexibility index (Phi) is 7.65. The molecule has 1 N–H and O–H groups in total. The fourth-order valence-electron chi connectivity index (χ4n) is 2.94. The van der Waals surface area contributed by atoms with Crippen LogP contribution in [0.15, 0.2) is 11.5 Å². The number of aryl methyl sites for hydroxylation is 2. The quantitative estimate of drug-likeness (QED) is 0.285. The Bertz CT molecular complexity index is 797. The van der Waals surface area contributed by atoms with Crippen molar-refractivity contribution in [1.29, 1.82) is 0 Å². The monoisotopic (exact) mass is 392 g/mol. The summed E-state index contributed by atoms with van der Waals surface area (Å²) in [6.45, 7) is 10.5. The highest BCUT2D eigenvalue weighted by atomic mass is 32.2. The van der Waals surface area contributed by atoms with Gasteiger partial charge in [-0.1, -0.05) is 31.5 Å². The molecule has 2 aromatic heterocycles. The Morgan fingerprint density at radius 1 is 1.30 bits per heavy atom. The summed E-state index contributed by atoms with van der Waals surface area (Å²) in [5.74, 6) is -0.474. The van der Waals surface area contributed by atoms with Crippen LogP contribution in [0.5, 0.6) is 0 Å². The first-order valence-corrected chi connectivity index (χ1v) is 10.2. The van der Waals surface area contributed by atoms with Crippen molar-refractivity contribution in [2.45, 2.75) is 70.8 Å². The summed E-state index contributed by atoms with van der Waals surface area (Å²) < 4.78 is 7.08. The van der Waals surface area contributed by atoms with Gasteiger partial charge in [0.15, 0.2) is 10.9 Å². The first kappa shape index (κ1) is 21.2. The third-order valence-electron chi connectivity index (χ3n) is 4.40. The Hall–Kier alpha value is -2.09. The zero-order valence-electron chi connectivity index (χ0n) is 16.7. The minimum atomic E-state index is -0.404. The number of rotatable bonds is 10. The summed E-state index contributed by atoms with van der Waals surface area (Å²) in [5.41, 5.74) is 2.18. The van der Waals surface area contributed by atoms with Crippen molar-refractivity contribution in [3.05, 3.63) is 28.8 Å². The fourth-order valence-corrected chi connectivity index (χ4v) is 3.85. The average Bonchev–Trinajstić information content (AvgIpc) is 3.18.